The fourth-order valence-corrected chi connectivity index (χ4v) is 3.81. The lowest BCUT2D eigenvalue weighted by atomic mass is 10.1. The molecule has 1 aromatic carbocycles. The van der Waals surface area contributed by atoms with Gasteiger partial charge in [0.2, 0.25) is 10.0 Å². The van der Waals surface area contributed by atoms with Crippen molar-refractivity contribution < 1.29 is 13.2 Å². The van der Waals surface area contributed by atoms with Gasteiger partial charge < -0.3 is 5.32 Å². The van der Waals surface area contributed by atoms with Gasteiger partial charge in [-0.15, -0.1) is 0 Å². The van der Waals surface area contributed by atoms with Gasteiger partial charge in [0.25, 0.3) is 5.91 Å². The highest BCUT2D eigenvalue weighted by Gasteiger charge is 2.17. The van der Waals surface area contributed by atoms with E-state index in [1.54, 1.807) is 29.1 Å². The van der Waals surface area contributed by atoms with Gasteiger partial charge in [-0.1, -0.05) is 24.3 Å². The Morgan fingerprint density at radius 3 is 2.45 bits per heavy atom. The van der Waals surface area contributed by atoms with E-state index in [2.05, 4.69) is 20.1 Å². The molecule has 0 saturated carbocycles. The number of benzene rings is 1. The van der Waals surface area contributed by atoms with E-state index in [4.69, 9.17) is 0 Å². The first-order chi connectivity index (χ1) is 13.7. The molecule has 1 amide bonds. The minimum Gasteiger partial charge on any atom is -0.348 e. The van der Waals surface area contributed by atoms with Gasteiger partial charge in [0, 0.05) is 18.3 Å². The van der Waals surface area contributed by atoms with E-state index in [-0.39, 0.29) is 17.7 Å². The van der Waals surface area contributed by atoms with Gasteiger partial charge >= 0.3 is 0 Å². The van der Waals surface area contributed by atoms with Gasteiger partial charge in [-0.3, -0.25) is 4.79 Å². The molecule has 2 heterocycles. The van der Waals surface area contributed by atoms with Crippen molar-refractivity contribution in [3.05, 3.63) is 58.9 Å². The summed E-state index contributed by atoms with van der Waals surface area (Å²) in [6, 6.07) is 9.02. The second-order valence-electron chi connectivity index (χ2n) is 7.19. The Morgan fingerprint density at radius 2 is 1.83 bits per heavy atom. The molecule has 0 fully saturated rings. The molecular weight excluding hydrogens is 390 g/mol. The number of amides is 1. The highest BCUT2D eigenvalue weighted by Crippen LogP contribution is 2.21. The number of fused-ring (bicyclic) bond motifs is 1. The smallest absolute Gasteiger partial charge is 0.252 e. The van der Waals surface area contributed by atoms with E-state index in [0.717, 1.165) is 16.6 Å². The Kier molecular flexibility index (Phi) is 5.99. The normalized spacial score (nSPS) is 11.9. The van der Waals surface area contributed by atoms with Crippen LogP contribution in [0.5, 0.6) is 0 Å². The highest BCUT2D eigenvalue weighted by atomic mass is 32.2. The van der Waals surface area contributed by atoms with E-state index in [0.29, 0.717) is 23.3 Å². The molecule has 2 N–H and O–H groups in total. The number of carbonyl (C=O) groups excluding carboxylic acids is 1. The van der Waals surface area contributed by atoms with Gasteiger partial charge in [-0.25, -0.2) is 22.8 Å². The van der Waals surface area contributed by atoms with Crippen LogP contribution in [-0.2, 0) is 22.3 Å². The SMILES string of the molecule is CNS(=O)(=O)Cc1ccc(CNC(=O)c2cc(C)nc3c2cnn3C(C)C)cc1. The number of aryl methyl sites for hydroxylation is 1. The Morgan fingerprint density at radius 1 is 1.17 bits per heavy atom. The predicted molar refractivity (Wildman–Crippen MR) is 112 cm³/mol. The van der Waals surface area contributed by atoms with Crippen LogP contribution in [-0.4, -0.2) is 36.1 Å². The first kappa shape index (κ1) is 20.9. The van der Waals surface area contributed by atoms with Gasteiger partial charge in [0.1, 0.15) is 0 Å². The first-order valence-corrected chi connectivity index (χ1v) is 11.0. The van der Waals surface area contributed by atoms with Crippen molar-refractivity contribution in [3.8, 4) is 0 Å². The molecule has 29 heavy (non-hydrogen) atoms. The lowest BCUT2D eigenvalue weighted by molar-refractivity contribution is 0.0952. The Bertz CT molecular complexity index is 1130. The summed E-state index contributed by atoms with van der Waals surface area (Å²) >= 11 is 0. The molecular formula is C20H25N5O3S. The lowest BCUT2D eigenvalue weighted by Gasteiger charge is -2.10. The molecule has 0 atom stereocenters. The molecule has 0 unspecified atom stereocenters. The van der Waals surface area contributed by atoms with Crippen molar-refractivity contribution in [2.75, 3.05) is 7.05 Å². The maximum Gasteiger partial charge on any atom is 0.252 e. The first-order valence-electron chi connectivity index (χ1n) is 9.32. The van der Waals surface area contributed by atoms with E-state index < -0.39 is 10.0 Å². The largest absolute Gasteiger partial charge is 0.348 e. The van der Waals surface area contributed by atoms with Crippen molar-refractivity contribution in [3.63, 3.8) is 0 Å². The zero-order chi connectivity index (χ0) is 21.2. The summed E-state index contributed by atoms with van der Waals surface area (Å²) in [5.74, 6) is -0.282. The van der Waals surface area contributed by atoms with Crippen LogP contribution in [0.15, 0.2) is 36.5 Å². The summed E-state index contributed by atoms with van der Waals surface area (Å²) in [5.41, 5.74) is 3.54. The van der Waals surface area contributed by atoms with Crippen LogP contribution >= 0.6 is 0 Å². The molecule has 3 rings (SSSR count). The third-order valence-electron chi connectivity index (χ3n) is 4.57. The monoisotopic (exact) mass is 415 g/mol. The quantitative estimate of drug-likeness (QED) is 0.616. The number of nitrogens with zero attached hydrogens (tertiary/aromatic N) is 3. The van der Waals surface area contributed by atoms with Gasteiger partial charge in [-0.2, -0.15) is 5.10 Å². The molecule has 0 spiro atoms. The van der Waals surface area contributed by atoms with Crippen molar-refractivity contribution in [1.82, 2.24) is 24.8 Å². The summed E-state index contributed by atoms with van der Waals surface area (Å²) in [4.78, 5) is 17.3. The summed E-state index contributed by atoms with van der Waals surface area (Å²) in [6.07, 6.45) is 1.67. The molecule has 0 aliphatic heterocycles. The average Bonchev–Trinajstić information content (AvgIpc) is 3.10. The standard InChI is InChI=1S/C20H25N5O3S/c1-13(2)25-19-18(11-23-25)17(9-14(3)24-19)20(26)22-10-15-5-7-16(8-6-15)12-29(27,28)21-4/h5-9,11,13,21H,10,12H2,1-4H3,(H,22,26). The van der Waals surface area contributed by atoms with E-state index in [9.17, 15) is 13.2 Å². The van der Waals surface area contributed by atoms with Gasteiger partial charge in [-0.05, 0) is 45.0 Å². The number of hydrogen-bond donors (Lipinski definition) is 2. The van der Waals surface area contributed by atoms with Crippen molar-refractivity contribution in [2.45, 2.75) is 39.1 Å². The fourth-order valence-electron chi connectivity index (χ4n) is 3.03. The molecule has 0 saturated heterocycles. The summed E-state index contributed by atoms with van der Waals surface area (Å²) in [6.45, 7) is 6.22. The molecule has 2 aromatic heterocycles. The predicted octanol–water partition coefficient (Wildman–Crippen LogP) is 2.30. The number of hydrogen-bond acceptors (Lipinski definition) is 5. The Balaban J connectivity index is 1.74. The number of pyridine rings is 1. The lowest BCUT2D eigenvalue weighted by Crippen LogP contribution is -2.23. The number of sulfonamides is 1. The summed E-state index contributed by atoms with van der Waals surface area (Å²) < 4.78 is 27.3. The number of aromatic nitrogens is 3. The van der Waals surface area contributed by atoms with Crippen molar-refractivity contribution in [1.29, 1.82) is 0 Å². The minimum atomic E-state index is -3.31. The van der Waals surface area contributed by atoms with Crippen LogP contribution in [0.3, 0.4) is 0 Å². The fraction of sp³-hybridized carbons (Fsp3) is 0.350. The zero-order valence-electron chi connectivity index (χ0n) is 16.9. The zero-order valence-corrected chi connectivity index (χ0v) is 17.7. The average molecular weight is 416 g/mol. The third-order valence-corrected chi connectivity index (χ3v) is 5.91. The van der Waals surface area contributed by atoms with Gasteiger partial charge in [0.15, 0.2) is 5.65 Å². The number of nitrogens with one attached hydrogen (secondary N) is 2. The maximum absolute atomic E-state index is 12.8. The van der Waals surface area contributed by atoms with Crippen molar-refractivity contribution in [2.24, 2.45) is 0 Å². The van der Waals surface area contributed by atoms with E-state index in [1.165, 1.54) is 7.05 Å². The van der Waals surface area contributed by atoms with Crippen LogP contribution in [0, 0.1) is 6.92 Å². The van der Waals surface area contributed by atoms with E-state index >= 15 is 0 Å². The molecule has 154 valence electrons. The molecule has 0 aliphatic rings. The van der Waals surface area contributed by atoms with Crippen LogP contribution in [0.1, 0.15) is 47.1 Å². The molecule has 0 radical (unpaired) electrons. The molecule has 0 bridgehead atoms. The Hall–Kier alpha value is -2.78. The van der Waals surface area contributed by atoms with Gasteiger partial charge in [0.05, 0.1) is 22.9 Å². The van der Waals surface area contributed by atoms with E-state index in [1.807, 2.05) is 32.9 Å². The number of carbonyl (C=O) groups is 1. The molecule has 3 aromatic rings. The molecule has 9 heteroatoms. The van der Waals surface area contributed by atoms with Crippen LogP contribution in [0.2, 0.25) is 0 Å². The van der Waals surface area contributed by atoms with Crippen LogP contribution in [0.25, 0.3) is 11.0 Å². The summed E-state index contributed by atoms with van der Waals surface area (Å²) in [5, 5.41) is 8.00. The molecule has 8 nitrogen and oxygen atoms in total. The third kappa shape index (κ3) is 4.80. The van der Waals surface area contributed by atoms with Crippen molar-refractivity contribution >= 4 is 27.0 Å². The minimum absolute atomic E-state index is 0.0791. The molecule has 0 aliphatic carbocycles. The summed E-state index contributed by atoms with van der Waals surface area (Å²) in [7, 11) is -1.92. The maximum atomic E-state index is 12.8. The topological polar surface area (TPSA) is 106 Å². The second kappa shape index (κ2) is 8.30. The van der Waals surface area contributed by atoms with Crippen LogP contribution in [0.4, 0.5) is 0 Å². The van der Waals surface area contributed by atoms with Crippen LogP contribution < -0.4 is 10.0 Å². The number of rotatable bonds is 7. The highest BCUT2D eigenvalue weighted by molar-refractivity contribution is 7.88. The second-order valence-corrected chi connectivity index (χ2v) is 9.12. The Labute approximate surface area is 170 Å².